The molecular formula is C4H9N3S2. The number of thiocarbonyl (C=S) groups is 1. The molecule has 9 heavy (non-hydrogen) atoms. The normalized spacial score (nSPS) is 13.4. The van der Waals surface area contributed by atoms with Crippen LogP contribution in [0, 0.1) is 0 Å². The van der Waals surface area contributed by atoms with Crippen molar-refractivity contribution in [3.63, 3.8) is 0 Å². The Labute approximate surface area is 65.1 Å². The highest BCUT2D eigenvalue weighted by Gasteiger charge is 1.82. The summed E-state index contributed by atoms with van der Waals surface area (Å²) in [6, 6.07) is 0. The van der Waals surface area contributed by atoms with E-state index in [9.17, 15) is 0 Å². The molecule has 0 aromatic heterocycles. The van der Waals surface area contributed by atoms with Gasteiger partial charge >= 0.3 is 0 Å². The molecule has 0 aliphatic carbocycles. The third kappa shape index (κ3) is 11.3. The van der Waals surface area contributed by atoms with Gasteiger partial charge < -0.3 is 11.1 Å². The summed E-state index contributed by atoms with van der Waals surface area (Å²) in [6.45, 7) is 1.99. The van der Waals surface area contributed by atoms with Crippen molar-refractivity contribution in [1.82, 2.24) is 5.32 Å². The first-order chi connectivity index (χ1) is 4.23. The van der Waals surface area contributed by atoms with Crippen LogP contribution in [0.2, 0.25) is 0 Å². The number of nitrogens with zero attached hydrogens (tertiary/aromatic N) is 1. The van der Waals surface area contributed by atoms with Crippen LogP contribution in [-0.4, -0.2) is 23.7 Å². The van der Waals surface area contributed by atoms with Gasteiger partial charge in [0.2, 0.25) is 0 Å². The highest BCUT2D eigenvalue weighted by Crippen LogP contribution is 1.68. The highest BCUT2D eigenvalue weighted by atomic mass is 32.1. The zero-order valence-corrected chi connectivity index (χ0v) is 6.58. The van der Waals surface area contributed by atoms with Crippen molar-refractivity contribution in [2.24, 2.45) is 10.7 Å². The van der Waals surface area contributed by atoms with Crippen molar-refractivity contribution >= 4 is 35.5 Å². The lowest BCUT2D eigenvalue weighted by atomic mass is 10.7. The van der Waals surface area contributed by atoms with Crippen LogP contribution >= 0.6 is 24.8 Å². The molecule has 3 nitrogen and oxygen atoms in total. The summed E-state index contributed by atoms with van der Waals surface area (Å²) in [5, 5.41) is 2.93. The van der Waals surface area contributed by atoms with Crippen LogP contribution in [0.1, 0.15) is 0 Å². The molecule has 0 bridgehead atoms. The molecule has 0 unspecified atom stereocenters. The maximum absolute atomic E-state index is 4.71. The number of aliphatic imine (C=N–C) groups is 1. The van der Waals surface area contributed by atoms with E-state index in [2.05, 4.69) is 35.2 Å². The predicted octanol–water partition coefficient (Wildman–Crippen LogP) is -0.222. The van der Waals surface area contributed by atoms with Crippen LogP contribution in [0.25, 0.3) is 0 Å². The lowest BCUT2D eigenvalue weighted by Crippen LogP contribution is -2.04. The summed E-state index contributed by atoms with van der Waals surface area (Å²) in [7, 11) is 0. The third-order valence-corrected chi connectivity index (χ3v) is 0.568. The fourth-order valence-corrected chi connectivity index (χ4v) is 0.323. The number of rotatable bonds is 0. The molecule has 0 amide bonds. The summed E-state index contributed by atoms with van der Waals surface area (Å²) >= 11 is 7.65. The molecule has 0 atom stereocenters. The van der Waals surface area contributed by atoms with E-state index in [4.69, 9.17) is 5.73 Å². The first kappa shape index (κ1) is 8.71. The zero-order chi connectivity index (χ0) is 7.11. The third-order valence-electron chi connectivity index (χ3n) is 0.568. The van der Waals surface area contributed by atoms with Crippen LogP contribution in [0.4, 0.5) is 0 Å². The van der Waals surface area contributed by atoms with Crippen molar-refractivity contribution < 1.29 is 0 Å². The van der Waals surface area contributed by atoms with Crippen LogP contribution in [0.15, 0.2) is 4.99 Å². The van der Waals surface area contributed by atoms with E-state index in [1.807, 2.05) is 0 Å². The summed E-state index contributed by atoms with van der Waals surface area (Å²) in [5.74, 6) is 0. The van der Waals surface area contributed by atoms with E-state index in [1.54, 1.807) is 6.34 Å². The average Bonchev–Trinajstić information content (AvgIpc) is 2.11. The summed E-state index contributed by atoms with van der Waals surface area (Å²) < 4.78 is 0.194. The standard InChI is InChI=1S/C3H6N2.CH3NS2/c1-2-5-3-4-1;2-1(3)4/h3H,1-2H2,(H,4,5);(H3,2,3,4). The molecule has 0 radical (unpaired) electrons. The van der Waals surface area contributed by atoms with E-state index in [0.29, 0.717) is 0 Å². The lowest BCUT2D eigenvalue weighted by Gasteiger charge is -1.75. The van der Waals surface area contributed by atoms with Gasteiger partial charge in [-0.15, -0.1) is 12.6 Å². The van der Waals surface area contributed by atoms with Crippen LogP contribution in [0.5, 0.6) is 0 Å². The van der Waals surface area contributed by atoms with Gasteiger partial charge in [0.25, 0.3) is 0 Å². The van der Waals surface area contributed by atoms with Crippen molar-refractivity contribution in [3.8, 4) is 0 Å². The maximum atomic E-state index is 4.71. The Bertz CT molecular complexity index is 102. The SMILES string of the molecule is C1=NCCN1.NC(=S)S. The van der Waals surface area contributed by atoms with E-state index >= 15 is 0 Å². The van der Waals surface area contributed by atoms with Gasteiger partial charge in [0.05, 0.1) is 12.9 Å². The fraction of sp³-hybridized carbons (Fsp3) is 0.500. The van der Waals surface area contributed by atoms with Gasteiger partial charge in [0.15, 0.2) is 0 Å². The number of hydrogen-bond acceptors (Lipinski definition) is 3. The van der Waals surface area contributed by atoms with Gasteiger partial charge in [-0.3, -0.25) is 4.99 Å². The molecule has 0 saturated carbocycles. The molecular weight excluding hydrogens is 154 g/mol. The number of hydrogen-bond donors (Lipinski definition) is 3. The highest BCUT2D eigenvalue weighted by molar-refractivity contribution is 8.10. The van der Waals surface area contributed by atoms with Crippen molar-refractivity contribution in [2.45, 2.75) is 0 Å². The Morgan fingerprint density at radius 1 is 1.89 bits per heavy atom. The predicted molar refractivity (Wildman–Crippen MR) is 47.1 cm³/mol. The summed E-state index contributed by atoms with van der Waals surface area (Å²) in [4.78, 5) is 3.85. The zero-order valence-electron chi connectivity index (χ0n) is 4.87. The van der Waals surface area contributed by atoms with E-state index in [0.717, 1.165) is 13.1 Å². The van der Waals surface area contributed by atoms with Crippen molar-refractivity contribution in [2.75, 3.05) is 13.1 Å². The van der Waals surface area contributed by atoms with E-state index in [-0.39, 0.29) is 4.32 Å². The van der Waals surface area contributed by atoms with Crippen molar-refractivity contribution in [3.05, 3.63) is 0 Å². The quantitative estimate of drug-likeness (QED) is 0.342. The monoisotopic (exact) mass is 163 g/mol. The van der Waals surface area contributed by atoms with Gasteiger partial charge in [-0.2, -0.15) is 0 Å². The summed E-state index contributed by atoms with van der Waals surface area (Å²) in [5.41, 5.74) is 4.71. The molecule has 1 heterocycles. The number of nitrogens with two attached hydrogens (primary N) is 1. The molecule has 0 saturated heterocycles. The van der Waals surface area contributed by atoms with Gasteiger partial charge in [-0.25, -0.2) is 0 Å². The van der Waals surface area contributed by atoms with Gasteiger partial charge in [0, 0.05) is 6.54 Å². The lowest BCUT2D eigenvalue weighted by molar-refractivity contribution is 0.965. The minimum absolute atomic E-state index is 0.194. The summed E-state index contributed by atoms with van der Waals surface area (Å²) in [6.07, 6.45) is 1.74. The number of thiol groups is 1. The minimum Gasteiger partial charge on any atom is -0.385 e. The van der Waals surface area contributed by atoms with Gasteiger partial charge in [-0.1, -0.05) is 12.2 Å². The van der Waals surface area contributed by atoms with Crippen LogP contribution < -0.4 is 11.1 Å². The van der Waals surface area contributed by atoms with E-state index < -0.39 is 0 Å². The second kappa shape index (κ2) is 5.84. The Hall–Kier alpha value is -0.290. The Balaban J connectivity index is 0.000000148. The molecule has 1 aliphatic rings. The van der Waals surface area contributed by atoms with Crippen LogP contribution in [0.3, 0.4) is 0 Å². The largest absolute Gasteiger partial charge is 0.385 e. The second-order valence-corrected chi connectivity index (χ2v) is 2.55. The maximum Gasteiger partial charge on any atom is 0.128 e. The van der Waals surface area contributed by atoms with E-state index in [1.165, 1.54) is 0 Å². The first-order valence-corrected chi connectivity index (χ1v) is 3.29. The molecule has 1 aliphatic heterocycles. The molecule has 52 valence electrons. The molecule has 0 aromatic rings. The molecule has 0 spiro atoms. The molecule has 0 fully saturated rings. The van der Waals surface area contributed by atoms with Gasteiger partial charge in [0.1, 0.15) is 4.32 Å². The molecule has 3 N–H and O–H groups in total. The average molecular weight is 163 g/mol. The Kier molecular flexibility index (Phi) is 5.65. The molecule has 5 heteroatoms. The van der Waals surface area contributed by atoms with Crippen molar-refractivity contribution in [1.29, 1.82) is 0 Å². The minimum atomic E-state index is 0.194. The Morgan fingerprint density at radius 3 is 2.56 bits per heavy atom. The van der Waals surface area contributed by atoms with Crippen LogP contribution in [-0.2, 0) is 0 Å². The first-order valence-electron chi connectivity index (χ1n) is 2.43. The Morgan fingerprint density at radius 2 is 2.44 bits per heavy atom. The number of nitrogens with one attached hydrogen (secondary N) is 1. The fourth-order valence-electron chi connectivity index (χ4n) is 0.323. The second-order valence-electron chi connectivity index (χ2n) is 1.33. The smallest absolute Gasteiger partial charge is 0.128 e. The molecule has 1 rings (SSSR count). The van der Waals surface area contributed by atoms with Gasteiger partial charge in [-0.05, 0) is 0 Å². The molecule has 0 aromatic carbocycles. The topological polar surface area (TPSA) is 50.4 Å².